The van der Waals surface area contributed by atoms with Gasteiger partial charge in [-0.3, -0.25) is 9.59 Å². The third-order valence-electron chi connectivity index (χ3n) is 17.2. The summed E-state index contributed by atoms with van der Waals surface area (Å²) in [6.45, 7) is 20.7. The highest BCUT2D eigenvalue weighted by molar-refractivity contribution is 5.89. The normalized spacial score (nSPS) is 44.5. The molecule has 2 saturated heterocycles. The summed E-state index contributed by atoms with van der Waals surface area (Å²) in [7, 11) is 2.01. The second-order valence-corrected chi connectivity index (χ2v) is 19.2. The molecule has 5 fully saturated rings. The Labute approximate surface area is 310 Å². The van der Waals surface area contributed by atoms with Gasteiger partial charge in [-0.15, -0.1) is 0 Å². The van der Waals surface area contributed by atoms with Gasteiger partial charge in [0.2, 0.25) is 5.82 Å². The largest absolute Gasteiger partial charge is 0.481 e. The van der Waals surface area contributed by atoms with Gasteiger partial charge < -0.3 is 30.4 Å². The van der Waals surface area contributed by atoms with E-state index < -0.39 is 28.6 Å². The van der Waals surface area contributed by atoms with Crippen molar-refractivity contribution in [3.63, 3.8) is 0 Å². The number of carboxylic acids is 1. The van der Waals surface area contributed by atoms with Gasteiger partial charge >= 0.3 is 5.97 Å². The number of hydrogen-bond donors (Lipinski definition) is 3. The number of amides is 1. The van der Waals surface area contributed by atoms with Gasteiger partial charge in [-0.05, 0) is 105 Å². The number of primary amides is 1. The van der Waals surface area contributed by atoms with Crippen molar-refractivity contribution in [2.24, 2.45) is 62.4 Å². The van der Waals surface area contributed by atoms with Crippen LogP contribution in [0.4, 0.5) is 0 Å². The second-order valence-electron chi connectivity index (χ2n) is 19.2. The molecule has 1 amide bonds. The molecule has 2 bridgehead atoms. The number of carbonyl (C=O) groups is 2. The second kappa shape index (κ2) is 12.9. The minimum atomic E-state index is -0.652. The van der Waals surface area contributed by atoms with Crippen molar-refractivity contribution in [1.29, 1.82) is 0 Å². The summed E-state index contributed by atoms with van der Waals surface area (Å²) in [6, 6.07) is -0.305. The van der Waals surface area contributed by atoms with Crippen molar-refractivity contribution >= 4 is 11.9 Å². The Balaban J connectivity index is 1.34. The van der Waals surface area contributed by atoms with E-state index in [2.05, 4.69) is 71.8 Å². The monoisotopic (exact) mass is 723 g/mol. The summed E-state index contributed by atoms with van der Waals surface area (Å²) in [5, 5.41) is 19.4. The SMILES string of the molecule is CNC1(CO[C@H]2[C@H](n3ncnc3C(N)=O)C[C@]34C5=CC[C@@]6(C)[C@H](C(=O)O)[C@@](C)([C@H](C)C(C)C)CC[C@]6(C)[C@H]5CC[C@H]3[C@@]2(C)CO[C@H]4C)CCOCC1. The molecule has 11 nitrogen and oxygen atoms in total. The minimum absolute atomic E-state index is 0.0826. The van der Waals surface area contributed by atoms with Crippen LogP contribution in [0.2, 0.25) is 0 Å². The molecule has 52 heavy (non-hydrogen) atoms. The first-order chi connectivity index (χ1) is 24.5. The van der Waals surface area contributed by atoms with Crippen LogP contribution < -0.4 is 11.1 Å². The van der Waals surface area contributed by atoms with Crippen molar-refractivity contribution < 1.29 is 28.9 Å². The van der Waals surface area contributed by atoms with E-state index in [0.29, 0.717) is 38.8 Å². The fraction of sp³-hybridized carbons (Fsp3) is 0.854. The molecule has 3 heterocycles. The van der Waals surface area contributed by atoms with E-state index in [0.717, 1.165) is 44.9 Å². The quantitative estimate of drug-likeness (QED) is 0.259. The van der Waals surface area contributed by atoms with E-state index in [1.165, 1.54) is 11.9 Å². The van der Waals surface area contributed by atoms with Gasteiger partial charge in [0.15, 0.2) is 0 Å². The number of rotatable bonds is 9. The number of aliphatic carboxylic acids is 1. The summed E-state index contributed by atoms with van der Waals surface area (Å²) in [6.07, 6.45) is 10.5. The molecule has 1 aromatic heterocycles. The number of fused-ring (bicyclic) bond motifs is 3. The van der Waals surface area contributed by atoms with Crippen LogP contribution in [0.5, 0.6) is 0 Å². The van der Waals surface area contributed by atoms with Gasteiger partial charge in [-0.25, -0.2) is 9.67 Å². The average molecular weight is 724 g/mol. The summed E-state index contributed by atoms with van der Waals surface area (Å²) in [4.78, 5) is 30.8. The molecule has 6 aliphatic rings. The summed E-state index contributed by atoms with van der Waals surface area (Å²) < 4.78 is 21.6. The first kappa shape index (κ1) is 38.0. The van der Waals surface area contributed by atoms with Gasteiger partial charge in [0.25, 0.3) is 5.91 Å². The van der Waals surface area contributed by atoms with Gasteiger partial charge in [-0.2, -0.15) is 5.10 Å². The number of nitrogens with two attached hydrogens (primary N) is 1. The Kier molecular flexibility index (Phi) is 9.40. The number of carbonyl (C=O) groups excluding carboxylic acids is 1. The lowest BCUT2D eigenvalue weighted by Crippen LogP contribution is -2.71. The number of ether oxygens (including phenoxy) is 3. The fourth-order valence-corrected chi connectivity index (χ4v) is 13.6. The van der Waals surface area contributed by atoms with Crippen molar-refractivity contribution in [3.05, 3.63) is 23.8 Å². The molecule has 7 rings (SSSR count). The molecule has 4 aliphatic carbocycles. The molecule has 1 aromatic rings. The number of hydrogen-bond acceptors (Lipinski definition) is 8. The van der Waals surface area contributed by atoms with Crippen LogP contribution in [0.3, 0.4) is 0 Å². The summed E-state index contributed by atoms with van der Waals surface area (Å²) in [5.41, 5.74) is 5.50. The van der Waals surface area contributed by atoms with Crippen molar-refractivity contribution in [1.82, 2.24) is 20.1 Å². The number of allylic oxidation sites excluding steroid dienone is 1. The zero-order valence-corrected chi connectivity index (χ0v) is 33.2. The van der Waals surface area contributed by atoms with Gasteiger partial charge in [-0.1, -0.05) is 60.1 Å². The lowest BCUT2D eigenvalue weighted by atomic mass is 9.33. The lowest BCUT2D eigenvalue weighted by Gasteiger charge is -2.72. The van der Waals surface area contributed by atoms with E-state index >= 15 is 0 Å². The average Bonchev–Trinajstić information content (AvgIpc) is 3.60. The zero-order valence-electron chi connectivity index (χ0n) is 33.2. The Morgan fingerprint density at radius 3 is 2.44 bits per heavy atom. The minimum Gasteiger partial charge on any atom is -0.481 e. The van der Waals surface area contributed by atoms with E-state index in [-0.39, 0.29) is 63.6 Å². The molecule has 0 spiro atoms. The van der Waals surface area contributed by atoms with Crippen LogP contribution in [0.1, 0.15) is 123 Å². The van der Waals surface area contributed by atoms with E-state index in [9.17, 15) is 14.7 Å². The molecule has 4 N–H and O–H groups in total. The van der Waals surface area contributed by atoms with Gasteiger partial charge in [0, 0.05) is 29.6 Å². The van der Waals surface area contributed by atoms with Crippen LogP contribution in [0.25, 0.3) is 0 Å². The molecule has 12 atom stereocenters. The number of nitrogens with zero attached hydrogens (tertiary/aromatic N) is 3. The van der Waals surface area contributed by atoms with Crippen LogP contribution in [-0.4, -0.2) is 83.0 Å². The molecular weight excluding hydrogens is 658 g/mol. The molecule has 0 aromatic carbocycles. The summed E-state index contributed by atoms with van der Waals surface area (Å²) in [5.74, 6) is -0.393. The number of carboxylic acid groups (broad SMARTS) is 1. The highest BCUT2D eigenvalue weighted by Crippen LogP contribution is 2.76. The van der Waals surface area contributed by atoms with E-state index in [1.54, 1.807) is 4.68 Å². The molecule has 11 heteroatoms. The van der Waals surface area contributed by atoms with Crippen molar-refractivity contribution in [2.45, 2.75) is 131 Å². The highest BCUT2D eigenvalue weighted by atomic mass is 16.5. The Morgan fingerprint density at radius 1 is 1.10 bits per heavy atom. The molecule has 0 radical (unpaired) electrons. The van der Waals surface area contributed by atoms with Crippen LogP contribution in [0.15, 0.2) is 18.0 Å². The van der Waals surface area contributed by atoms with Crippen molar-refractivity contribution in [2.75, 3.05) is 33.5 Å². The first-order valence-corrected chi connectivity index (χ1v) is 20.1. The van der Waals surface area contributed by atoms with E-state index in [1.807, 2.05) is 7.05 Å². The zero-order chi connectivity index (χ0) is 37.6. The van der Waals surface area contributed by atoms with Crippen molar-refractivity contribution in [3.8, 4) is 0 Å². The van der Waals surface area contributed by atoms with E-state index in [4.69, 9.17) is 25.0 Å². The first-order valence-electron chi connectivity index (χ1n) is 20.1. The predicted octanol–water partition coefficient (Wildman–Crippen LogP) is 6.05. The molecule has 0 unspecified atom stereocenters. The smallest absolute Gasteiger partial charge is 0.307 e. The molecular formula is C41H65N5O6. The number of nitrogens with one attached hydrogen (secondary N) is 1. The maximum absolute atomic E-state index is 13.6. The molecule has 3 saturated carbocycles. The van der Waals surface area contributed by atoms with Gasteiger partial charge in [0.05, 0.1) is 37.4 Å². The third kappa shape index (κ3) is 5.10. The maximum Gasteiger partial charge on any atom is 0.307 e. The standard InChI is InChI=1S/C41H65N5O6/c1-24(2)25(3)36(5)14-15-38(7)27-10-11-30-37(6)21-51-26(4)41(30,28(27)12-13-39(38,8)31(36)35(48)49)20-29(46-34(33(42)47)44-23-45-46)32(37)52-22-40(43-9)16-18-50-19-17-40/h12,23-27,29-32,43H,10-11,13-22H2,1-9H3,(H2,42,47)(H,48,49)/t25-,26+,27+,29-,30+,31-,32+,36-,37-,38-,39+,41+/m1/s1. The van der Waals surface area contributed by atoms with Gasteiger partial charge in [0.1, 0.15) is 6.33 Å². The van der Waals surface area contributed by atoms with Crippen LogP contribution in [-0.2, 0) is 19.0 Å². The fourth-order valence-electron chi connectivity index (χ4n) is 13.6. The topological polar surface area (TPSA) is 151 Å². The Morgan fingerprint density at radius 2 is 1.81 bits per heavy atom. The third-order valence-corrected chi connectivity index (χ3v) is 17.2. The maximum atomic E-state index is 13.6. The highest BCUT2D eigenvalue weighted by Gasteiger charge is 2.73. The summed E-state index contributed by atoms with van der Waals surface area (Å²) >= 11 is 0. The Hall–Kier alpha value is -2.34. The predicted molar refractivity (Wildman–Crippen MR) is 197 cm³/mol. The lowest BCUT2D eigenvalue weighted by molar-refractivity contribution is -0.274. The molecule has 2 aliphatic heterocycles. The van der Waals surface area contributed by atoms with Crippen LogP contribution >= 0.6 is 0 Å². The number of likely N-dealkylation sites (N-methyl/N-ethyl adjacent to an activating group) is 1. The van der Waals surface area contributed by atoms with Crippen LogP contribution in [0, 0.1) is 56.7 Å². The number of aromatic nitrogens is 3. The molecule has 290 valence electrons. The Bertz CT molecular complexity index is 1590.